The summed E-state index contributed by atoms with van der Waals surface area (Å²) in [5, 5.41) is 0. The molecule has 2 aliphatic rings. The van der Waals surface area contributed by atoms with Gasteiger partial charge in [0.2, 0.25) is 0 Å². The van der Waals surface area contributed by atoms with Gasteiger partial charge < -0.3 is 0 Å². The molecule has 0 N–H and O–H groups in total. The SMILES string of the molecule is CCCCC1CCC(c2ccc(C3CCc4cc(F)ccc4C3)cc2)CC1. The number of benzene rings is 2. The van der Waals surface area contributed by atoms with E-state index < -0.39 is 0 Å². The van der Waals surface area contributed by atoms with Crippen LogP contribution in [0.2, 0.25) is 0 Å². The summed E-state index contributed by atoms with van der Waals surface area (Å²) in [6.07, 6.45) is 13.0. The zero-order chi connectivity index (χ0) is 18.6. The summed E-state index contributed by atoms with van der Waals surface area (Å²) < 4.78 is 13.4. The predicted molar refractivity (Wildman–Crippen MR) is 112 cm³/mol. The van der Waals surface area contributed by atoms with E-state index in [0.717, 1.165) is 31.1 Å². The van der Waals surface area contributed by atoms with Crippen LogP contribution in [0.3, 0.4) is 0 Å². The van der Waals surface area contributed by atoms with E-state index in [1.165, 1.54) is 61.6 Å². The van der Waals surface area contributed by atoms with Gasteiger partial charge in [-0.2, -0.15) is 0 Å². The van der Waals surface area contributed by atoms with Gasteiger partial charge in [0.05, 0.1) is 0 Å². The van der Waals surface area contributed by atoms with E-state index in [2.05, 4.69) is 31.2 Å². The van der Waals surface area contributed by atoms with Gasteiger partial charge in [0.25, 0.3) is 0 Å². The van der Waals surface area contributed by atoms with Crippen LogP contribution in [-0.2, 0) is 12.8 Å². The van der Waals surface area contributed by atoms with Gasteiger partial charge in [-0.15, -0.1) is 0 Å². The van der Waals surface area contributed by atoms with Crippen LogP contribution in [-0.4, -0.2) is 0 Å². The first-order valence-corrected chi connectivity index (χ1v) is 11.1. The normalized spacial score (nSPS) is 25.2. The smallest absolute Gasteiger partial charge is 0.123 e. The lowest BCUT2D eigenvalue weighted by molar-refractivity contribution is 0.304. The van der Waals surface area contributed by atoms with Gasteiger partial charge in [-0.25, -0.2) is 4.39 Å². The Morgan fingerprint density at radius 3 is 2.22 bits per heavy atom. The molecular weight excluding hydrogens is 331 g/mol. The Hall–Kier alpha value is -1.63. The van der Waals surface area contributed by atoms with Crippen molar-refractivity contribution in [2.75, 3.05) is 0 Å². The van der Waals surface area contributed by atoms with Gasteiger partial charge in [-0.1, -0.05) is 56.5 Å². The third kappa shape index (κ3) is 4.45. The van der Waals surface area contributed by atoms with Gasteiger partial charge in [0, 0.05) is 0 Å². The molecule has 1 heteroatoms. The van der Waals surface area contributed by atoms with Crippen LogP contribution in [0.1, 0.15) is 92.4 Å². The molecule has 0 spiro atoms. The van der Waals surface area contributed by atoms with Gasteiger partial charge in [0.15, 0.2) is 0 Å². The lowest BCUT2D eigenvalue weighted by Crippen LogP contribution is -2.14. The highest BCUT2D eigenvalue weighted by atomic mass is 19.1. The van der Waals surface area contributed by atoms with Crippen molar-refractivity contribution in [3.8, 4) is 0 Å². The monoisotopic (exact) mass is 364 g/mol. The van der Waals surface area contributed by atoms with Gasteiger partial charge in [0.1, 0.15) is 5.82 Å². The summed E-state index contributed by atoms with van der Waals surface area (Å²) in [6.45, 7) is 2.30. The van der Waals surface area contributed by atoms with E-state index in [-0.39, 0.29) is 5.82 Å². The molecule has 2 aliphatic carbocycles. The minimum absolute atomic E-state index is 0.0963. The van der Waals surface area contributed by atoms with Crippen molar-refractivity contribution in [3.05, 3.63) is 70.5 Å². The summed E-state index contributed by atoms with van der Waals surface area (Å²) in [5.41, 5.74) is 5.56. The number of halogens is 1. The molecule has 4 rings (SSSR count). The third-order valence-corrected chi connectivity index (χ3v) is 7.09. The molecule has 0 saturated heterocycles. The lowest BCUT2D eigenvalue weighted by atomic mass is 9.76. The van der Waals surface area contributed by atoms with Crippen LogP contribution in [0, 0.1) is 11.7 Å². The molecule has 1 atom stereocenters. The highest BCUT2D eigenvalue weighted by Crippen LogP contribution is 2.39. The van der Waals surface area contributed by atoms with Gasteiger partial charge >= 0.3 is 0 Å². The quantitative estimate of drug-likeness (QED) is 0.513. The Labute approximate surface area is 164 Å². The Morgan fingerprint density at radius 1 is 0.815 bits per heavy atom. The van der Waals surface area contributed by atoms with Crippen molar-refractivity contribution in [1.29, 1.82) is 0 Å². The minimum Gasteiger partial charge on any atom is -0.207 e. The third-order valence-electron chi connectivity index (χ3n) is 7.09. The van der Waals surface area contributed by atoms with Crippen molar-refractivity contribution in [2.45, 2.75) is 83.0 Å². The zero-order valence-corrected chi connectivity index (χ0v) is 16.7. The fourth-order valence-electron chi connectivity index (χ4n) is 5.33. The summed E-state index contributed by atoms with van der Waals surface area (Å²) in [7, 11) is 0. The first-order chi connectivity index (χ1) is 13.2. The van der Waals surface area contributed by atoms with Crippen LogP contribution < -0.4 is 0 Å². The molecule has 0 aromatic heterocycles. The fourth-order valence-corrected chi connectivity index (χ4v) is 5.33. The van der Waals surface area contributed by atoms with Crippen molar-refractivity contribution in [2.24, 2.45) is 5.92 Å². The molecule has 1 unspecified atom stereocenters. The molecule has 1 saturated carbocycles. The number of hydrogen-bond acceptors (Lipinski definition) is 0. The molecule has 2 aromatic rings. The number of aryl methyl sites for hydroxylation is 1. The number of rotatable bonds is 5. The molecule has 1 fully saturated rings. The van der Waals surface area contributed by atoms with Crippen molar-refractivity contribution >= 4 is 0 Å². The van der Waals surface area contributed by atoms with Crippen LogP contribution >= 0.6 is 0 Å². The van der Waals surface area contributed by atoms with Gasteiger partial charge in [-0.3, -0.25) is 0 Å². The van der Waals surface area contributed by atoms with Crippen LogP contribution in [0.5, 0.6) is 0 Å². The second kappa shape index (κ2) is 8.59. The number of hydrogen-bond donors (Lipinski definition) is 0. The topological polar surface area (TPSA) is 0 Å². The average molecular weight is 365 g/mol. The van der Waals surface area contributed by atoms with E-state index >= 15 is 0 Å². The highest BCUT2D eigenvalue weighted by Gasteiger charge is 2.23. The first kappa shape index (κ1) is 18.7. The molecule has 0 nitrogen and oxygen atoms in total. The van der Waals surface area contributed by atoms with Crippen LogP contribution in [0.4, 0.5) is 4.39 Å². The molecule has 0 heterocycles. The average Bonchev–Trinajstić information content (AvgIpc) is 2.72. The van der Waals surface area contributed by atoms with E-state index in [4.69, 9.17) is 0 Å². The van der Waals surface area contributed by atoms with E-state index in [0.29, 0.717) is 5.92 Å². The molecule has 2 aromatic carbocycles. The zero-order valence-electron chi connectivity index (χ0n) is 16.7. The predicted octanol–water partition coefficient (Wildman–Crippen LogP) is 7.56. The fraction of sp³-hybridized carbons (Fsp3) is 0.538. The summed E-state index contributed by atoms with van der Waals surface area (Å²) in [5.74, 6) is 2.24. The molecule has 0 bridgehead atoms. The molecule has 144 valence electrons. The maximum atomic E-state index is 13.4. The van der Waals surface area contributed by atoms with E-state index in [1.807, 2.05) is 6.07 Å². The second-order valence-electron chi connectivity index (χ2n) is 8.88. The summed E-state index contributed by atoms with van der Waals surface area (Å²) >= 11 is 0. The Kier molecular flexibility index (Phi) is 5.95. The minimum atomic E-state index is -0.0963. The number of fused-ring (bicyclic) bond motifs is 1. The largest absolute Gasteiger partial charge is 0.207 e. The highest BCUT2D eigenvalue weighted by molar-refractivity contribution is 5.35. The summed E-state index contributed by atoms with van der Waals surface area (Å²) in [4.78, 5) is 0. The number of unbranched alkanes of at least 4 members (excludes halogenated alkanes) is 1. The Morgan fingerprint density at radius 2 is 1.52 bits per heavy atom. The van der Waals surface area contributed by atoms with E-state index in [1.54, 1.807) is 17.7 Å². The second-order valence-corrected chi connectivity index (χ2v) is 8.88. The standard InChI is InChI=1S/C26H33F/c1-2-3-4-19-5-7-20(8-6-19)21-9-11-22(12-10-21)23-13-14-25-18-26(27)16-15-24(25)17-23/h9-12,15-16,18-20,23H,2-8,13-14,17H2,1H3. The van der Waals surface area contributed by atoms with Crippen LogP contribution in [0.25, 0.3) is 0 Å². The molecule has 27 heavy (non-hydrogen) atoms. The van der Waals surface area contributed by atoms with Crippen LogP contribution in [0.15, 0.2) is 42.5 Å². The van der Waals surface area contributed by atoms with Gasteiger partial charge in [-0.05, 0) is 97.1 Å². The Bertz CT molecular complexity index is 737. The van der Waals surface area contributed by atoms with Crippen molar-refractivity contribution in [3.63, 3.8) is 0 Å². The molecule has 0 amide bonds. The maximum Gasteiger partial charge on any atom is 0.123 e. The van der Waals surface area contributed by atoms with Crippen molar-refractivity contribution in [1.82, 2.24) is 0 Å². The molecular formula is C26H33F. The lowest BCUT2D eigenvalue weighted by Gasteiger charge is -2.29. The first-order valence-electron chi connectivity index (χ1n) is 11.1. The molecule has 0 aliphatic heterocycles. The summed E-state index contributed by atoms with van der Waals surface area (Å²) in [6, 6.07) is 14.9. The Balaban J connectivity index is 1.36. The van der Waals surface area contributed by atoms with E-state index in [9.17, 15) is 4.39 Å². The molecule has 0 radical (unpaired) electrons. The maximum absolute atomic E-state index is 13.4. The van der Waals surface area contributed by atoms with Crippen molar-refractivity contribution < 1.29 is 4.39 Å².